The van der Waals surface area contributed by atoms with Crippen LogP contribution in [0.15, 0.2) is 12.1 Å². The Morgan fingerprint density at radius 2 is 2.06 bits per heavy atom. The maximum Gasteiger partial charge on any atom is 0.512 e. The van der Waals surface area contributed by atoms with Gasteiger partial charge >= 0.3 is 6.16 Å². The smallest absolute Gasteiger partial charge is 0.449 e. The fourth-order valence-corrected chi connectivity index (χ4v) is 2.52. The first-order valence-electron chi connectivity index (χ1n) is 4.76. The van der Waals surface area contributed by atoms with Crippen LogP contribution < -0.4 is 4.74 Å². The third-order valence-electron chi connectivity index (χ3n) is 2.58. The lowest BCUT2D eigenvalue weighted by Gasteiger charge is -2.02. The highest BCUT2D eigenvalue weighted by molar-refractivity contribution is 6.39. The van der Waals surface area contributed by atoms with Crippen LogP contribution in [-0.2, 0) is 7.05 Å². The number of carbonyl (C=O) groups is 1. The van der Waals surface area contributed by atoms with Crippen molar-refractivity contribution < 1.29 is 14.6 Å². The highest BCUT2D eigenvalue weighted by atomic mass is 35.5. The lowest BCUT2D eigenvalue weighted by molar-refractivity contribution is 0.141. The maximum absolute atomic E-state index is 10.6. The molecule has 4 nitrogen and oxygen atoms in total. The van der Waals surface area contributed by atoms with Crippen molar-refractivity contribution in [3.63, 3.8) is 0 Å². The van der Waals surface area contributed by atoms with Gasteiger partial charge < -0.3 is 14.4 Å². The second kappa shape index (κ2) is 4.13. The zero-order chi connectivity index (χ0) is 12.7. The number of ether oxygens (including phenoxy) is 1. The molecule has 0 radical (unpaired) electrons. The van der Waals surface area contributed by atoms with Gasteiger partial charge in [0.15, 0.2) is 0 Å². The molecule has 1 N–H and O–H groups in total. The van der Waals surface area contributed by atoms with Crippen LogP contribution >= 0.6 is 23.2 Å². The van der Waals surface area contributed by atoms with Gasteiger partial charge in [-0.1, -0.05) is 23.2 Å². The largest absolute Gasteiger partial charge is 0.512 e. The van der Waals surface area contributed by atoms with Gasteiger partial charge in [-0.2, -0.15) is 0 Å². The molecule has 0 fully saturated rings. The Balaban J connectivity index is 2.80. The van der Waals surface area contributed by atoms with Crippen molar-refractivity contribution in [2.45, 2.75) is 6.92 Å². The lowest BCUT2D eigenvalue weighted by atomic mass is 10.2. The molecule has 90 valence electrons. The van der Waals surface area contributed by atoms with Crippen LogP contribution in [0.5, 0.6) is 5.88 Å². The Morgan fingerprint density at radius 3 is 2.65 bits per heavy atom. The Labute approximate surface area is 107 Å². The molecule has 0 saturated carbocycles. The van der Waals surface area contributed by atoms with E-state index in [0.717, 1.165) is 10.9 Å². The van der Waals surface area contributed by atoms with Crippen LogP contribution in [0, 0.1) is 6.92 Å². The number of carboxylic acid groups (broad SMARTS) is 1. The third kappa shape index (κ3) is 1.94. The minimum Gasteiger partial charge on any atom is -0.449 e. The summed E-state index contributed by atoms with van der Waals surface area (Å²) in [5, 5.41) is 10.4. The summed E-state index contributed by atoms with van der Waals surface area (Å²) in [5.74, 6) is 0.247. The van der Waals surface area contributed by atoms with E-state index in [2.05, 4.69) is 0 Å². The topological polar surface area (TPSA) is 51.5 Å². The van der Waals surface area contributed by atoms with Crippen molar-refractivity contribution in [1.82, 2.24) is 4.57 Å². The van der Waals surface area contributed by atoms with Crippen LogP contribution in [0.4, 0.5) is 4.79 Å². The predicted molar refractivity (Wildman–Crippen MR) is 66.3 cm³/mol. The Hall–Kier alpha value is -1.39. The van der Waals surface area contributed by atoms with E-state index in [0.29, 0.717) is 15.6 Å². The first-order chi connectivity index (χ1) is 7.91. The van der Waals surface area contributed by atoms with Gasteiger partial charge in [0.05, 0.1) is 10.5 Å². The van der Waals surface area contributed by atoms with Crippen molar-refractivity contribution in [1.29, 1.82) is 0 Å². The molecule has 1 aromatic heterocycles. The number of halogens is 2. The summed E-state index contributed by atoms with van der Waals surface area (Å²) >= 11 is 12.0. The lowest BCUT2D eigenvalue weighted by Crippen LogP contribution is -2.07. The van der Waals surface area contributed by atoms with Gasteiger partial charge in [-0.05, 0) is 19.1 Å². The number of aryl methyl sites for hydroxylation is 2. The molecule has 6 heteroatoms. The molecule has 2 aromatic rings. The average molecular weight is 274 g/mol. The van der Waals surface area contributed by atoms with E-state index in [1.165, 1.54) is 0 Å². The van der Waals surface area contributed by atoms with E-state index < -0.39 is 6.16 Å². The van der Waals surface area contributed by atoms with Crippen LogP contribution in [0.1, 0.15) is 5.56 Å². The number of fused-ring (bicyclic) bond motifs is 1. The van der Waals surface area contributed by atoms with Gasteiger partial charge in [0.2, 0.25) is 5.88 Å². The minimum atomic E-state index is -1.36. The average Bonchev–Trinajstić information content (AvgIpc) is 2.42. The highest BCUT2D eigenvalue weighted by Crippen LogP contribution is 2.37. The van der Waals surface area contributed by atoms with Gasteiger partial charge in [-0.15, -0.1) is 0 Å². The third-order valence-corrected chi connectivity index (χ3v) is 3.10. The molecule has 0 bridgehead atoms. The monoisotopic (exact) mass is 273 g/mol. The molecule has 0 spiro atoms. The van der Waals surface area contributed by atoms with Crippen molar-refractivity contribution in [2.24, 2.45) is 7.05 Å². The van der Waals surface area contributed by atoms with Gasteiger partial charge in [0.1, 0.15) is 0 Å². The van der Waals surface area contributed by atoms with E-state index in [1.807, 2.05) is 0 Å². The van der Waals surface area contributed by atoms with Crippen LogP contribution in [-0.4, -0.2) is 15.8 Å². The number of aromatic nitrogens is 1. The van der Waals surface area contributed by atoms with Crippen LogP contribution in [0.2, 0.25) is 10.0 Å². The summed E-state index contributed by atoms with van der Waals surface area (Å²) in [7, 11) is 1.69. The first kappa shape index (κ1) is 12.1. The molecule has 0 amide bonds. The molecule has 2 rings (SSSR count). The zero-order valence-electron chi connectivity index (χ0n) is 9.12. The fraction of sp³-hybridized carbons (Fsp3) is 0.182. The van der Waals surface area contributed by atoms with Crippen molar-refractivity contribution >= 4 is 40.3 Å². The highest BCUT2D eigenvalue weighted by Gasteiger charge is 2.18. The minimum absolute atomic E-state index is 0.247. The molecular formula is C11H9Cl2NO3. The molecule has 1 aromatic carbocycles. The van der Waals surface area contributed by atoms with Crippen molar-refractivity contribution in [3.8, 4) is 5.88 Å². The molecule has 0 aliphatic rings. The van der Waals surface area contributed by atoms with Crippen molar-refractivity contribution in [3.05, 3.63) is 27.7 Å². The zero-order valence-corrected chi connectivity index (χ0v) is 10.6. The summed E-state index contributed by atoms with van der Waals surface area (Å²) in [5.41, 5.74) is 1.41. The number of rotatable bonds is 1. The molecular weight excluding hydrogens is 265 g/mol. The number of benzene rings is 1. The molecule has 0 saturated heterocycles. The SMILES string of the molecule is Cc1c(OC(=O)O)n(C)c2cc(Cl)cc(Cl)c12. The van der Waals surface area contributed by atoms with E-state index in [9.17, 15) is 4.79 Å². The maximum atomic E-state index is 10.6. The molecule has 0 aliphatic carbocycles. The summed E-state index contributed by atoms with van der Waals surface area (Å²) in [6, 6.07) is 3.33. The molecule has 0 unspecified atom stereocenters. The molecule has 0 atom stereocenters. The van der Waals surface area contributed by atoms with Crippen LogP contribution in [0.25, 0.3) is 10.9 Å². The van der Waals surface area contributed by atoms with E-state index in [4.69, 9.17) is 33.0 Å². The Kier molecular flexibility index (Phi) is 2.93. The summed E-state index contributed by atoms with van der Waals surface area (Å²) in [6.45, 7) is 1.75. The number of hydrogen-bond donors (Lipinski definition) is 1. The van der Waals surface area contributed by atoms with Gasteiger partial charge in [-0.3, -0.25) is 0 Å². The standard InChI is InChI=1S/C11H9Cl2NO3/c1-5-9-7(13)3-6(12)4-8(9)14(2)10(5)17-11(15)16/h3-4H,1-2H3,(H,15,16). The van der Waals surface area contributed by atoms with E-state index in [-0.39, 0.29) is 5.88 Å². The van der Waals surface area contributed by atoms with Crippen molar-refractivity contribution in [2.75, 3.05) is 0 Å². The predicted octanol–water partition coefficient (Wildman–Crippen LogP) is 3.85. The molecule has 17 heavy (non-hydrogen) atoms. The van der Waals surface area contributed by atoms with Gasteiger partial charge in [0.25, 0.3) is 0 Å². The van der Waals surface area contributed by atoms with Crippen LogP contribution in [0.3, 0.4) is 0 Å². The van der Waals surface area contributed by atoms with E-state index >= 15 is 0 Å². The fourth-order valence-electron chi connectivity index (χ4n) is 1.89. The quantitative estimate of drug-likeness (QED) is 0.803. The van der Waals surface area contributed by atoms with Gasteiger partial charge in [0, 0.05) is 23.0 Å². The summed E-state index contributed by atoms with van der Waals surface area (Å²) in [4.78, 5) is 10.6. The summed E-state index contributed by atoms with van der Waals surface area (Å²) < 4.78 is 6.34. The normalized spacial score (nSPS) is 10.8. The summed E-state index contributed by atoms with van der Waals surface area (Å²) in [6.07, 6.45) is -1.36. The molecule has 1 heterocycles. The van der Waals surface area contributed by atoms with Gasteiger partial charge in [-0.25, -0.2) is 4.79 Å². The number of nitrogens with zero attached hydrogens (tertiary/aromatic N) is 1. The molecule has 0 aliphatic heterocycles. The Morgan fingerprint density at radius 1 is 1.41 bits per heavy atom. The van der Waals surface area contributed by atoms with E-state index in [1.54, 1.807) is 30.7 Å². The Bertz CT molecular complexity index is 619. The second-order valence-corrected chi connectivity index (χ2v) is 4.48. The first-order valence-corrected chi connectivity index (χ1v) is 5.52. The second-order valence-electron chi connectivity index (χ2n) is 3.64. The number of hydrogen-bond acceptors (Lipinski definition) is 2.